The number of hydrogen-bond donors (Lipinski definition) is 2. The van der Waals surface area contributed by atoms with Gasteiger partial charge in [0.1, 0.15) is 5.69 Å². The van der Waals surface area contributed by atoms with Crippen LogP contribution >= 0.6 is 15.9 Å². The highest BCUT2D eigenvalue weighted by molar-refractivity contribution is 9.10. The highest BCUT2D eigenvalue weighted by Gasteiger charge is 2.38. The van der Waals surface area contributed by atoms with E-state index >= 15 is 0 Å². The average molecular weight is 359 g/mol. The number of halogens is 1. The van der Waals surface area contributed by atoms with E-state index in [-0.39, 0.29) is 24.8 Å². The molecule has 1 aromatic heterocycles. The molecule has 1 fully saturated rings. The summed E-state index contributed by atoms with van der Waals surface area (Å²) < 4.78 is 2.12. The molecule has 21 heavy (non-hydrogen) atoms. The molecule has 2 N–H and O–H groups in total. The number of amides is 2. The SMILES string of the molecule is CNC(=O)CC1(O)CCCN(C(=O)c2c(Br)cnn2C)C1. The summed E-state index contributed by atoms with van der Waals surface area (Å²) in [5.41, 5.74) is -0.724. The van der Waals surface area contributed by atoms with Crippen LogP contribution in [0.1, 0.15) is 29.8 Å². The van der Waals surface area contributed by atoms with Gasteiger partial charge in [0.25, 0.3) is 5.91 Å². The van der Waals surface area contributed by atoms with Crippen LogP contribution in [0.25, 0.3) is 0 Å². The van der Waals surface area contributed by atoms with Gasteiger partial charge in [-0.2, -0.15) is 5.10 Å². The Bertz CT molecular complexity index is 540. The van der Waals surface area contributed by atoms with E-state index in [0.29, 0.717) is 29.6 Å². The number of nitrogens with one attached hydrogen (secondary N) is 1. The van der Waals surface area contributed by atoms with E-state index in [1.807, 2.05) is 0 Å². The summed E-state index contributed by atoms with van der Waals surface area (Å²) in [6, 6.07) is 0. The number of aliphatic hydroxyl groups is 1. The van der Waals surface area contributed by atoms with Gasteiger partial charge in [0.05, 0.1) is 29.2 Å². The van der Waals surface area contributed by atoms with Crippen molar-refractivity contribution in [3.05, 3.63) is 16.4 Å². The number of hydrogen-bond acceptors (Lipinski definition) is 4. The smallest absolute Gasteiger partial charge is 0.273 e. The van der Waals surface area contributed by atoms with Gasteiger partial charge in [-0.3, -0.25) is 14.3 Å². The largest absolute Gasteiger partial charge is 0.388 e. The lowest BCUT2D eigenvalue weighted by molar-refractivity contribution is -0.127. The van der Waals surface area contributed by atoms with Gasteiger partial charge in [0.15, 0.2) is 0 Å². The van der Waals surface area contributed by atoms with Crippen LogP contribution in [0.2, 0.25) is 0 Å². The lowest BCUT2D eigenvalue weighted by atomic mass is 9.89. The fraction of sp³-hybridized carbons (Fsp3) is 0.615. The molecule has 0 aromatic carbocycles. The van der Waals surface area contributed by atoms with Crippen LogP contribution in [-0.2, 0) is 11.8 Å². The molecule has 116 valence electrons. The van der Waals surface area contributed by atoms with Crippen LogP contribution < -0.4 is 5.32 Å². The van der Waals surface area contributed by atoms with E-state index < -0.39 is 5.60 Å². The molecule has 0 spiro atoms. The molecule has 0 radical (unpaired) electrons. The molecule has 2 heterocycles. The predicted molar refractivity (Wildman–Crippen MR) is 79.7 cm³/mol. The van der Waals surface area contributed by atoms with Gasteiger partial charge >= 0.3 is 0 Å². The third kappa shape index (κ3) is 3.44. The Morgan fingerprint density at radius 3 is 2.86 bits per heavy atom. The average Bonchev–Trinajstić information content (AvgIpc) is 2.77. The second-order valence-corrected chi connectivity index (χ2v) is 6.22. The zero-order chi connectivity index (χ0) is 15.6. The third-order valence-electron chi connectivity index (χ3n) is 3.71. The summed E-state index contributed by atoms with van der Waals surface area (Å²) in [6.07, 6.45) is 2.74. The van der Waals surface area contributed by atoms with Gasteiger partial charge in [-0.25, -0.2) is 0 Å². The Hall–Kier alpha value is -1.41. The molecule has 2 amide bonds. The number of aryl methyl sites for hydroxylation is 1. The summed E-state index contributed by atoms with van der Waals surface area (Å²) in [6.45, 7) is 0.712. The lowest BCUT2D eigenvalue weighted by Crippen LogP contribution is -2.52. The van der Waals surface area contributed by atoms with Crippen LogP contribution in [-0.4, -0.2) is 57.3 Å². The minimum absolute atomic E-state index is 0.000162. The summed E-state index contributed by atoms with van der Waals surface area (Å²) in [5.74, 6) is -0.426. The van der Waals surface area contributed by atoms with Crippen LogP contribution in [0.4, 0.5) is 0 Å². The van der Waals surface area contributed by atoms with Gasteiger partial charge in [0, 0.05) is 20.6 Å². The summed E-state index contributed by atoms with van der Waals surface area (Å²) in [7, 11) is 3.23. The number of piperidine rings is 1. The summed E-state index contributed by atoms with van der Waals surface area (Å²) >= 11 is 3.31. The van der Waals surface area contributed by atoms with E-state index in [0.717, 1.165) is 0 Å². The highest BCUT2D eigenvalue weighted by atomic mass is 79.9. The Balaban J connectivity index is 2.14. The maximum Gasteiger partial charge on any atom is 0.273 e. The third-order valence-corrected chi connectivity index (χ3v) is 4.29. The first kappa shape index (κ1) is 16.0. The lowest BCUT2D eigenvalue weighted by Gasteiger charge is -2.38. The molecule has 1 aromatic rings. The van der Waals surface area contributed by atoms with Crippen molar-refractivity contribution in [1.82, 2.24) is 20.0 Å². The predicted octanol–water partition coefficient (Wildman–Crippen LogP) is 0.286. The van der Waals surface area contributed by atoms with Crippen molar-refractivity contribution in [2.45, 2.75) is 24.9 Å². The zero-order valence-electron chi connectivity index (χ0n) is 12.1. The van der Waals surface area contributed by atoms with Crippen LogP contribution in [0.5, 0.6) is 0 Å². The fourth-order valence-corrected chi connectivity index (χ4v) is 3.14. The van der Waals surface area contributed by atoms with E-state index in [2.05, 4.69) is 26.3 Å². The molecule has 1 atom stereocenters. The van der Waals surface area contributed by atoms with Crippen molar-refractivity contribution in [3.63, 3.8) is 0 Å². The van der Waals surface area contributed by atoms with Gasteiger partial charge in [-0.15, -0.1) is 0 Å². The van der Waals surface area contributed by atoms with Crippen molar-refractivity contribution in [2.24, 2.45) is 7.05 Å². The Morgan fingerprint density at radius 1 is 1.57 bits per heavy atom. The van der Waals surface area contributed by atoms with Crippen molar-refractivity contribution < 1.29 is 14.7 Å². The molecule has 8 heteroatoms. The molecule has 0 bridgehead atoms. The number of carbonyl (C=O) groups is 2. The summed E-state index contributed by atoms with van der Waals surface area (Å²) in [5, 5.41) is 17.1. The molecule has 0 saturated carbocycles. The van der Waals surface area contributed by atoms with Crippen LogP contribution in [0.3, 0.4) is 0 Å². The maximum atomic E-state index is 12.6. The topological polar surface area (TPSA) is 87.5 Å². The van der Waals surface area contributed by atoms with E-state index in [1.165, 1.54) is 11.7 Å². The molecule has 1 saturated heterocycles. The number of β-amino-alcohol motifs (C(OH)–C–C–N with tert-alkyl or cyclic N) is 1. The standard InChI is InChI=1S/C13H19BrN4O3/c1-15-10(19)6-13(21)4-3-5-18(8-13)12(20)11-9(14)7-16-17(11)2/h7,21H,3-6,8H2,1-2H3,(H,15,19). The second kappa shape index (κ2) is 6.15. The maximum absolute atomic E-state index is 12.6. The van der Waals surface area contributed by atoms with E-state index in [1.54, 1.807) is 18.1 Å². The number of rotatable bonds is 3. The Kier molecular flexibility index (Phi) is 4.67. The highest BCUT2D eigenvalue weighted by Crippen LogP contribution is 2.27. The molecule has 1 aliphatic heterocycles. The van der Waals surface area contributed by atoms with E-state index in [9.17, 15) is 14.7 Å². The fourth-order valence-electron chi connectivity index (χ4n) is 2.62. The quantitative estimate of drug-likeness (QED) is 0.812. The number of aromatic nitrogens is 2. The zero-order valence-corrected chi connectivity index (χ0v) is 13.7. The normalized spacial score (nSPS) is 22.2. The molecule has 2 rings (SSSR count). The number of likely N-dealkylation sites (tertiary alicyclic amines) is 1. The first-order chi connectivity index (χ1) is 9.86. The second-order valence-electron chi connectivity index (χ2n) is 5.37. The molecular weight excluding hydrogens is 340 g/mol. The molecular formula is C13H19BrN4O3. The Morgan fingerprint density at radius 2 is 2.29 bits per heavy atom. The Labute approximate surface area is 131 Å². The molecule has 1 aliphatic rings. The van der Waals surface area contributed by atoms with Crippen molar-refractivity contribution in [2.75, 3.05) is 20.1 Å². The van der Waals surface area contributed by atoms with Crippen LogP contribution in [0.15, 0.2) is 10.7 Å². The number of carbonyl (C=O) groups excluding carboxylic acids is 2. The van der Waals surface area contributed by atoms with Crippen LogP contribution in [0, 0.1) is 0 Å². The first-order valence-electron chi connectivity index (χ1n) is 6.76. The monoisotopic (exact) mass is 358 g/mol. The minimum Gasteiger partial charge on any atom is -0.388 e. The van der Waals surface area contributed by atoms with Crippen molar-refractivity contribution >= 4 is 27.7 Å². The van der Waals surface area contributed by atoms with Gasteiger partial charge in [0.2, 0.25) is 5.91 Å². The minimum atomic E-state index is -1.17. The molecule has 7 nitrogen and oxygen atoms in total. The number of nitrogens with zero attached hydrogens (tertiary/aromatic N) is 3. The van der Waals surface area contributed by atoms with E-state index in [4.69, 9.17) is 0 Å². The van der Waals surface area contributed by atoms with Crippen molar-refractivity contribution in [1.29, 1.82) is 0 Å². The van der Waals surface area contributed by atoms with Gasteiger partial charge in [-0.1, -0.05) is 0 Å². The van der Waals surface area contributed by atoms with Gasteiger partial charge in [-0.05, 0) is 28.8 Å². The molecule has 1 unspecified atom stereocenters. The molecule has 0 aliphatic carbocycles. The van der Waals surface area contributed by atoms with Crippen molar-refractivity contribution in [3.8, 4) is 0 Å². The first-order valence-corrected chi connectivity index (χ1v) is 7.55. The summed E-state index contributed by atoms with van der Waals surface area (Å²) in [4.78, 5) is 25.6. The van der Waals surface area contributed by atoms with Gasteiger partial charge < -0.3 is 15.3 Å².